The summed E-state index contributed by atoms with van der Waals surface area (Å²) in [4.78, 5) is 23.7. The Morgan fingerprint density at radius 2 is 2.13 bits per heavy atom. The average molecular weight is 320 g/mol. The molecule has 0 aliphatic heterocycles. The summed E-state index contributed by atoms with van der Waals surface area (Å²) in [5.74, 6) is -0.621. The Morgan fingerprint density at radius 3 is 2.65 bits per heavy atom. The average Bonchev–Trinajstić information content (AvgIpc) is 2.89. The first kappa shape index (κ1) is 18.0. The minimum absolute atomic E-state index is 0.0430. The van der Waals surface area contributed by atoms with E-state index in [2.05, 4.69) is 10.5 Å². The van der Waals surface area contributed by atoms with Crippen molar-refractivity contribution in [1.82, 2.24) is 10.5 Å². The normalized spacial score (nSPS) is 11.7. The standard InChI is InChI=1S/C14H16N4O5/c1-14(2,3)22-13(20)17-11(12(19)21-5-4-15)7-10-6-9(8-16)18-23-10/h6,11H,5,7H2,1-3H3,(H,17,20)/t11-/m0/s1. The molecule has 9 nitrogen and oxygen atoms in total. The van der Waals surface area contributed by atoms with Crippen LogP contribution >= 0.6 is 0 Å². The lowest BCUT2D eigenvalue weighted by Crippen LogP contribution is -2.45. The van der Waals surface area contributed by atoms with Crippen LogP contribution in [0.1, 0.15) is 32.2 Å². The summed E-state index contributed by atoms with van der Waals surface area (Å²) in [6, 6.07) is 3.63. The van der Waals surface area contributed by atoms with Gasteiger partial charge in [-0.2, -0.15) is 10.5 Å². The molecule has 23 heavy (non-hydrogen) atoms. The van der Waals surface area contributed by atoms with Gasteiger partial charge in [-0.3, -0.25) is 0 Å². The number of alkyl carbamates (subject to hydrolysis) is 1. The number of nitrogens with zero attached hydrogens (tertiary/aromatic N) is 3. The van der Waals surface area contributed by atoms with Gasteiger partial charge in [0.1, 0.15) is 29.5 Å². The topological polar surface area (TPSA) is 138 Å². The van der Waals surface area contributed by atoms with Crippen molar-refractivity contribution < 1.29 is 23.6 Å². The number of aromatic nitrogens is 1. The Balaban J connectivity index is 2.80. The molecule has 1 atom stereocenters. The minimum Gasteiger partial charge on any atom is -0.449 e. The van der Waals surface area contributed by atoms with Crippen LogP contribution in [0.25, 0.3) is 0 Å². The number of esters is 1. The summed E-state index contributed by atoms with van der Waals surface area (Å²) < 4.78 is 14.6. The molecule has 0 aromatic carbocycles. The van der Waals surface area contributed by atoms with E-state index in [0.717, 1.165) is 0 Å². The zero-order valence-corrected chi connectivity index (χ0v) is 13.0. The van der Waals surface area contributed by atoms with Gasteiger partial charge < -0.3 is 19.3 Å². The molecule has 0 aliphatic carbocycles. The molecule has 0 fully saturated rings. The van der Waals surface area contributed by atoms with Crippen molar-refractivity contribution in [3.8, 4) is 12.1 Å². The number of nitrogens with one attached hydrogen (secondary N) is 1. The first-order chi connectivity index (χ1) is 10.7. The lowest BCUT2D eigenvalue weighted by molar-refractivity contribution is -0.144. The van der Waals surface area contributed by atoms with Crippen LogP contribution in [0.2, 0.25) is 0 Å². The minimum atomic E-state index is -1.14. The molecule has 0 saturated carbocycles. The number of hydrogen-bond acceptors (Lipinski definition) is 8. The van der Waals surface area contributed by atoms with Crippen LogP contribution in [0.15, 0.2) is 10.6 Å². The Hall–Kier alpha value is -3.07. The van der Waals surface area contributed by atoms with Gasteiger partial charge in [0.25, 0.3) is 0 Å². The molecule has 0 unspecified atom stereocenters. The van der Waals surface area contributed by atoms with Crippen LogP contribution in [-0.2, 0) is 20.7 Å². The zero-order valence-electron chi connectivity index (χ0n) is 13.0. The van der Waals surface area contributed by atoms with Crippen LogP contribution in [0.3, 0.4) is 0 Å². The smallest absolute Gasteiger partial charge is 0.408 e. The van der Waals surface area contributed by atoms with E-state index in [-0.39, 0.29) is 17.9 Å². The van der Waals surface area contributed by atoms with Crippen molar-refractivity contribution >= 4 is 12.1 Å². The van der Waals surface area contributed by atoms with Crippen LogP contribution < -0.4 is 5.32 Å². The van der Waals surface area contributed by atoms with E-state index < -0.39 is 30.3 Å². The van der Waals surface area contributed by atoms with Crippen LogP contribution in [0.5, 0.6) is 0 Å². The van der Waals surface area contributed by atoms with E-state index in [4.69, 9.17) is 24.5 Å². The summed E-state index contributed by atoms with van der Waals surface area (Å²) >= 11 is 0. The molecule has 1 aromatic heterocycles. The summed E-state index contributed by atoms with van der Waals surface area (Å²) in [5, 5.41) is 23.0. The second kappa shape index (κ2) is 7.80. The molecule has 9 heteroatoms. The fourth-order valence-corrected chi connectivity index (χ4v) is 1.51. The van der Waals surface area contributed by atoms with Gasteiger partial charge in [-0.25, -0.2) is 9.59 Å². The summed E-state index contributed by atoms with van der Waals surface area (Å²) in [6.07, 6.45) is -0.922. The molecule has 122 valence electrons. The van der Waals surface area contributed by atoms with Crippen molar-refractivity contribution in [3.63, 3.8) is 0 Å². The van der Waals surface area contributed by atoms with Crippen molar-refractivity contribution in [2.24, 2.45) is 0 Å². The largest absolute Gasteiger partial charge is 0.449 e. The van der Waals surface area contributed by atoms with Crippen molar-refractivity contribution in [2.45, 2.75) is 38.8 Å². The van der Waals surface area contributed by atoms with Crippen molar-refractivity contribution in [1.29, 1.82) is 10.5 Å². The summed E-state index contributed by atoms with van der Waals surface area (Å²) in [5.41, 5.74) is -0.702. The summed E-state index contributed by atoms with van der Waals surface area (Å²) in [7, 11) is 0. The number of hydrogen-bond donors (Lipinski definition) is 1. The van der Waals surface area contributed by atoms with Crippen molar-refractivity contribution in [2.75, 3.05) is 6.61 Å². The summed E-state index contributed by atoms with van der Waals surface area (Å²) in [6.45, 7) is 4.56. The second-order valence-corrected chi connectivity index (χ2v) is 5.46. The maximum atomic E-state index is 11.9. The zero-order chi connectivity index (χ0) is 17.5. The lowest BCUT2D eigenvalue weighted by Gasteiger charge is -2.22. The highest BCUT2D eigenvalue weighted by Gasteiger charge is 2.27. The Morgan fingerprint density at radius 1 is 1.43 bits per heavy atom. The molecule has 0 aliphatic rings. The predicted octanol–water partition coefficient (Wildman–Crippen LogP) is 1.05. The number of carbonyl (C=O) groups is 2. The first-order valence-electron chi connectivity index (χ1n) is 6.64. The molecule has 1 heterocycles. The fourth-order valence-electron chi connectivity index (χ4n) is 1.51. The van der Waals surface area contributed by atoms with Gasteiger partial charge in [-0.15, -0.1) is 0 Å². The van der Waals surface area contributed by atoms with E-state index in [9.17, 15) is 9.59 Å². The lowest BCUT2D eigenvalue weighted by atomic mass is 10.1. The van der Waals surface area contributed by atoms with Gasteiger partial charge in [-0.05, 0) is 20.8 Å². The van der Waals surface area contributed by atoms with Gasteiger partial charge in [0, 0.05) is 12.5 Å². The molecule has 0 bridgehead atoms. The number of rotatable bonds is 5. The highest BCUT2D eigenvalue weighted by molar-refractivity contribution is 5.81. The molecule has 1 aromatic rings. The fraction of sp³-hybridized carbons (Fsp3) is 0.500. The van der Waals surface area contributed by atoms with Crippen molar-refractivity contribution in [3.05, 3.63) is 17.5 Å². The maximum Gasteiger partial charge on any atom is 0.408 e. The van der Waals surface area contributed by atoms with E-state index >= 15 is 0 Å². The molecule has 1 amide bonds. The van der Waals surface area contributed by atoms with Crippen LogP contribution in [0, 0.1) is 22.7 Å². The van der Waals surface area contributed by atoms with E-state index in [1.807, 2.05) is 0 Å². The van der Waals surface area contributed by atoms with Gasteiger partial charge in [0.05, 0.1) is 0 Å². The SMILES string of the molecule is CC(C)(C)OC(=O)N[C@@H](Cc1cc(C#N)no1)C(=O)OCC#N. The van der Waals surface area contributed by atoms with Gasteiger partial charge in [0.15, 0.2) is 12.3 Å². The third kappa shape index (κ3) is 6.48. The molecule has 1 rings (SSSR count). The third-order valence-electron chi connectivity index (χ3n) is 2.33. The number of amides is 1. The highest BCUT2D eigenvalue weighted by atomic mass is 16.6. The van der Waals surface area contributed by atoms with E-state index in [1.54, 1.807) is 32.9 Å². The van der Waals surface area contributed by atoms with Gasteiger partial charge in [-0.1, -0.05) is 5.16 Å². The first-order valence-corrected chi connectivity index (χ1v) is 6.64. The predicted molar refractivity (Wildman–Crippen MR) is 74.7 cm³/mol. The Labute approximate surface area is 132 Å². The molecular weight excluding hydrogens is 304 g/mol. The third-order valence-corrected chi connectivity index (χ3v) is 2.33. The maximum absolute atomic E-state index is 11.9. The quantitative estimate of drug-likeness (QED) is 0.794. The van der Waals surface area contributed by atoms with Gasteiger partial charge in [0.2, 0.25) is 0 Å². The molecule has 0 spiro atoms. The molecule has 0 radical (unpaired) electrons. The molecular formula is C14H16N4O5. The number of ether oxygens (including phenoxy) is 2. The molecule has 1 N–H and O–H groups in total. The van der Waals surface area contributed by atoms with Crippen LogP contribution in [-0.4, -0.2) is 35.5 Å². The van der Waals surface area contributed by atoms with Crippen LogP contribution in [0.4, 0.5) is 4.79 Å². The second-order valence-electron chi connectivity index (χ2n) is 5.46. The Kier molecular flexibility index (Phi) is 6.10. The van der Waals surface area contributed by atoms with Gasteiger partial charge >= 0.3 is 12.1 Å². The monoisotopic (exact) mass is 320 g/mol. The number of nitriles is 2. The van der Waals surface area contributed by atoms with E-state index in [1.165, 1.54) is 6.07 Å². The number of carbonyl (C=O) groups excluding carboxylic acids is 2. The Bertz CT molecular complexity index is 647. The van der Waals surface area contributed by atoms with E-state index in [0.29, 0.717) is 0 Å². The molecule has 0 saturated heterocycles. The highest BCUT2D eigenvalue weighted by Crippen LogP contribution is 2.10.